The van der Waals surface area contributed by atoms with Crippen LogP contribution in [0.5, 0.6) is 5.75 Å². The van der Waals surface area contributed by atoms with Crippen molar-refractivity contribution in [2.45, 2.75) is 70.9 Å². The van der Waals surface area contributed by atoms with Crippen LogP contribution in [0.2, 0.25) is 0 Å². The average molecular weight is 304 g/mol. The lowest BCUT2D eigenvalue weighted by Gasteiger charge is -2.26. The van der Waals surface area contributed by atoms with Crippen molar-refractivity contribution in [3.8, 4) is 5.75 Å². The highest BCUT2D eigenvalue weighted by Gasteiger charge is 2.22. The van der Waals surface area contributed by atoms with E-state index in [1.807, 2.05) is 19.1 Å². The zero-order chi connectivity index (χ0) is 15.9. The number of aromatic hydroxyl groups is 1. The van der Waals surface area contributed by atoms with E-state index in [1.54, 1.807) is 6.07 Å². The summed E-state index contributed by atoms with van der Waals surface area (Å²) in [7, 11) is 0. The third-order valence-corrected chi connectivity index (χ3v) is 4.33. The summed E-state index contributed by atoms with van der Waals surface area (Å²) in [4.78, 5) is 12.5. The fourth-order valence-corrected chi connectivity index (χ4v) is 3.06. The Balaban J connectivity index is 1.99. The zero-order valence-electron chi connectivity index (χ0n) is 13.7. The van der Waals surface area contributed by atoms with Gasteiger partial charge in [0.15, 0.2) is 0 Å². The summed E-state index contributed by atoms with van der Waals surface area (Å²) in [5.74, 6) is 0.250. The van der Waals surface area contributed by atoms with E-state index >= 15 is 0 Å². The molecule has 0 aromatic heterocycles. The fourth-order valence-electron chi connectivity index (χ4n) is 3.06. The van der Waals surface area contributed by atoms with Crippen LogP contribution in [0.1, 0.15) is 57.4 Å². The quantitative estimate of drug-likeness (QED) is 0.702. The van der Waals surface area contributed by atoms with Crippen LogP contribution >= 0.6 is 0 Å². The minimum atomic E-state index is -0.291. The molecule has 1 aliphatic carbocycles. The Hall–Kier alpha value is -1.71. The molecular weight excluding hydrogens is 276 g/mol. The Labute approximate surface area is 133 Å². The third-order valence-electron chi connectivity index (χ3n) is 4.33. The summed E-state index contributed by atoms with van der Waals surface area (Å²) < 4.78 is 0. The number of hydrogen-bond donors (Lipinski definition) is 3. The summed E-state index contributed by atoms with van der Waals surface area (Å²) in [6.45, 7) is 4.00. The maximum Gasteiger partial charge on any atom is 0.242 e. The Morgan fingerprint density at radius 2 is 2.05 bits per heavy atom. The molecule has 1 aromatic carbocycles. The van der Waals surface area contributed by atoms with Gasteiger partial charge in [0.2, 0.25) is 5.91 Å². The minimum absolute atomic E-state index is 0.0497. The lowest BCUT2D eigenvalue weighted by atomic mass is 9.95. The third kappa shape index (κ3) is 4.65. The topological polar surface area (TPSA) is 61.4 Å². The molecular formula is C18H28N2O2. The molecule has 0 radical (unpaired) electrons. The molecule has 3 N–H and O–H groups in total. The molecule has 1 unspecified atom stereocenters. The van der Waals surface area contributed by atoms with Gasteiger partial charge in [0.25, 0.3) is 0 Å². The monoisotopic (exact) mass is 304 g/mol. The van der Waals surface area contributed by atoms with Gasteiger partial charge in [-0.05, 0) is 43.9 Å². The predicted octanol–water partition coefficient (Wildman–Crippen LogP) is 3.73. The van der Waals surface area contributed by atoms with Crippen LogP contribution < -0.4 is 10.6 Å². The van der Waals surface area contributed by atoms with Crippen molar-refractivity contribution in [2.24, 2.45) is 0 Å². The number of benzene rings is 1. The number of rotatable bonds is 6. The van der Waals surface area contributed by atoms with Crippen molar-refractivity contribution in [3.05, 3.63) is 23.8 Å². The number of amides is 1. The molecule has 22 heavy (non-hydrogen) atoms. The van der Waals surface area contributed by atoms with Gasteiger partial charge in [0.05, 0.1) is 5.69 Å². The molecule has 4 nitrogen and oxygen atoms in total. The van der Waals surface area contributed by atoms with Gasteiger partial charge in [-0.25, -0.2) is 0 Å². The van der Waals surface area contributed by atoms with Gasteiger partial charge in [-0.2, -0.15) is 0 Å². The standard InChI is InChI=1S/C18H28N2O2/c1-3-7-16(18(22)19-14-8-5-4-6-9-14)20-15-11-10-13(2)12-17(15)21/h10-12,14,16,20-21H,3-9H2,1-2H3,(H,19,22). The predicted molar refractivity (Wildman–Crippen MR) is 90.2 cm³/mol. The lowest BCUT2D eigenvalue weighted by Crippen LogP contribution is -2.45. The van der Waals surface area contributed by atoms with Crippen LogP contribution in [0.25, 0.3) is 0 Å². The zero-order valence-corrected chi connectivity index (χ0v) is 13.7. The van der Waals surface area contributed by atoms with Gasteiger partial charge >= 0.3 is 0 Å². The molecule has 1 fully saturated rings. The first-order chi connectivity index (χ1) is 10.6. The highest BCUT2D eigenvalue weighted by atomic mass is 16.3. The van der Waals surface area contributed by atoms with Gasteiger partial charge in [0, 0.05) is 6.04 Å². The molecule has 0 bridgehead atoms. The van der Waals surface area contributed by atoms with Crippen molar-refractivity contribution in [1.29, 1.82) is 0 Å². The highest BCUT2D eigenvalue weighted by molar-refractivity contribution is 5.85. The highest BCUT2D eigenvalue weighted by Crippen LogP contribution is 2.25. The van der Waals surface area contributed by atoms with Crippen molar-refractivity contribution < 1.29 is 9.90 Å². The number of phenols is 1. The molecule has 4 heteroatoms. The van der Waals surface area contributed by atoms with Gasteiger partial charge in [0.1, 0.15) is 11.8 Å². The van der Waals surface area contributed by atoms with Crippen LogP contribution in [0.4, 0.5) is 5.69 Å². The second-order valence-electron chi connectivity index (χ2n) is 6.35. The molecule has 0 heterocycles. The minimum Gasteiger partial charge on any atom is -0.506 e. The van der Waals surface area contributed by atoms with E-state index in [0.29, 0.717) is 11.7 Å². The molecule has 2 rings (SSSR count). The Bertz CT molecular complexity index is 496. The number of carbonyl (C=O) groups is 1. The number of hydrogen-bond acceptors (Lipinski definition) is 3. The van der Waals surface area contributed by atoms with E-state index in [9.17, 15) is 9.90 Å². The first-order valence-electron chi connectivity index (χ1n) is 8.46. The van der Waals surface area contributed by atoms with E-state index in [4.69, 9.17) is 0 Å². The molecule has 1 aromatic rings. The van der Waals surface area contributed by atoms with Crippen molar-refractivity contribution in [3.63, 3.8) is 0 Å². The SMILES string of the molecule is CCCC(Nc1ccc(C)cc1O)C(=O)NC1CCCCC1. The Morgan fingerprint density at radius 1 is 1.32 bits per heavy atom. The number of anilines is 1. The molecule has 0 aliphatic heterocycles. The largest absolute Gasteiger partial charge is 0.506 e. The van der Waals surface area contributed by atoms with Crippen LogP contribution in [0, 0.1) is 6.92 Å². The van der Waals surface area contributed by atoms with E-state index in [1.165, 1.54) is 19.3 Å². The number of aryl methyl sites for hydroxylation is 1. The van der Waals surface area contributed by atoms with Crippen LogP contribution in [0.15, 0.2) is 18.2 Å². The van der Waals surface area contributed by atoms with Crippen LogP contribution in [-0.2, 0) is 4.79 Å². The molecule has 1 atom stereocenters. The maximum absolute atomic E-state index is 12.5. The summed E-state index contributed by atoms with van der Waals surface area (Å²) in [6, 6.07) is 5.50. The summed E-state index contributed by atoms with van der Waals surface area (Å²) in [5, 5.41) is 16.4. The molecule has 1 aliphatic rings. The number of carbonyl (C=O) groups excluding carboxylic acids is 1. The number of nitrogens with one attached hydrogen (secondary N) is 2. The second kappa shape index (κ2) is 8.06. The summed E-state index contributed by atoms with van der Waals surface area (Å²) in [6.07, 6.45) is 7.53. The van der Waals surface area contributed by atoms with Crippen molar-refractivity contribution in [2.75, 3.05) is 5.32 Å². The van der Waals surface area contributed by atoms with Gasteiger partial charge in [-0.3, -0.25) is 4.79 Å². The van der Waals surface area contributed by atoms with Gasteiger partial charge in [-0.15, -0.1) is 0 Å². The van der Waals surface area contributed by atoms with Gasteiger partial charge < -0.3 is 15.7 Å². The summed E-state index contributed by atoms with van der Waals surface area (Å²) >= 11 is 0. The molecule has 0 saturated heterocycles. The summed E-state index contributed by atoms with van der Waals surface area (Å²) in [5.41, 5.74) is 1.63. The average Bonchev–Trinajstić information content (AvgIpc) is 2.50. The Kier molecular flexibility index (Phi) is 6.10. The second-order valence-corrected chi connectivity index (χ2v) is 6.35. The van der Waals surface area contributed by atoms with E-state index in [0.717, 1.165) is 31.2 Å². The Morgan fingerprint density at radius 3 is 2.68 bits per heavy atom. The van der Waals surface area contributed by atoms with Crippen LogP contribution in [-0.4, -0.2) is 23.1 Å². The van der Waals surface area contributed by atoms with E-state index in [2.05, 4.69) is 17.6 Å². The number of phenolic OH excluding ortho intramolecular Hbond substituents is 1. The van der Waals surface area contributed by atoms with Gasteiger partial charge in [-0.1, -0.05) is 38.7 Å². The van der Waals surface area contributed by atoms with Crippen molar-refractivity contribution in [1.82, 2.24) is 5.32 Å². The van der Waals surface area contributed by atoms with E-state index in [-0.39, 0.29) is 17.7 Å². The smallest absolute Gasteiger partial charge is 0.242 e. The molecule has 1 saturated carbocycles. The molecule has 1 amide bonds. The van der Waals surface area contributed by atoms with E-state index < -0.39 is 0 Å². The van der Waals surface area contributed by atoms with Crippen molar-refractivity contribution >= 4 is 11.6 Å². The fraction of sp³-hybridized carbons (Fsp3) is 0.611. The maximum atomic E-state index is 12.5. The first kappa shape index (κ1) is 16.7. The normalized spacial score (nSPS) is 17.0. The first-order valence-corrected chi connectivity index (χ1v) is 8.46. The van der Waals surface area contributed by atoms with Crippen LogP contribution in [0.3, 0.4) is 0 Å². The lowest BCUT2D eigenvalue weighted by molar-refractivity contribution is -0.122. The molecule has 0 spiro atoms. The molecule has 122 valence electrons.